The first-order chi connectivity index (χ1) is 11.3. The number of rotatable bonds is 7. The molecule has 2 N–H and O–H groups in total. The topological polar surface area (TPSA) is 70.5 Å². The fourth-order valence-corrected chi connectivity index (χ4v) is 3.98. The monoisotopic (exact) mass is 352 g/mol. The molecule has 1 aliphatic heterocycles. The van der Waals surface area contributed by atoms with E-state index in [4.69, 9.17) is 4.74 Å². The fraction of sp³-hybridized carbons (Fsp3) is 0.467. The van der Waals surface area contributed by atoms with Crippen LogP contribution < -0.4 is 5.32 Å². The minimum atomic E-state index is -0.368. The zero-order valence-electron chi connectivity index (χ0n) is 12.7. The Kier molecular flexibility index (Phi) is 6.23. The Bertz CT molecular complexity index is 590. The number of para-hydroxylation sites is 1. The zero-order chi connectivity index (χ0) is 15.9. The van der Waals surface area contributed by atoms with Crippen LogP contribution in [0.2, 0.25) is 0 Å². The van der Waals surface area contributed by atoms with Crippen LogP contribution in [0.4, 0.5) is 10.8 Å². The van der Waals surface area contributed by atoms with Gasteiger partial charge in [0.25, 0.3) is 0 Å². The Morgan fingerprint density at radius 2 is 2.04 bits per heavy atom. The standard InChI is InChI=1S/C15H20N4O2S2/c20-13(10-19-6-8-21-9-7-19)11-22-15-18-17-14(23-15)16-12-4-2-1-3-5-12/h1-5,13,20H,6-11H2,(H,16,17)/t13-/m0/s1. The Morgan fingerprint density at radius 3 is 2.83 bits per heavy atom. The third kappa shape index (κ3) is 5.43. The molecule has 1 fully saturated rings. The highest BCUT2D eigenvalue weighted by Gasteiger charge is 2.16. The molecular weight excluding hydrogens is 332 g/mol. The summed E-state index contributed by atoms with van der Waals surface area (Å²) in [5.74, 6) is 0.622. The predicted molar refractivity (Wildman–Crippen MR) is 93.6 cm³/mol. The lowest BCUT2D eigenvalue weighted by atomic mass is 10.3. The van der Waals surface area contributed by atoms with E-state index in [2.05, 4.69) is 20.4 Å². The smallest absolute Gasteiger partial charge is 0.210 e. The zero-order valence-corrected chi connectivity index (χ0v) is 14.4. The Labute approximate surface area is 143 Å². The molecule has 8 heteroatoms. The van der Waals surface area contributed by atoms with Gasteiger partial charge in [0.1, 0.15) is 0 Å². The summed E-state index contributed by atoms with van der Waals surface area (Å²) in [6, 6.07) is 9.89. The Hall–Kier alpha value is -1.19. The van der Waals surface area contributed by atoms with Crippen LogP contribution in [0.15, 0.2) is 34.7 Å². The third-order valence-corrected chi connectivity index (χ3v) is 5.52. The molecule has 1 saturated heterocycles. The van der Waals surface area contributed by atoms with E-state index in [0.717, 1.165) is 41.5 Å². The van der Waals surface area contributed by atoms with Gasteiger partial charge in [0.05, 0.1) is 19.3 Å². The van der Waals surface area contributed by atoms with Crippen molar-refractivity contribution in [1.29, 1.82) is 0 Å². The molecule has 6 nitrogen and oxygen atoms in total. The summed E-state index contributed by atoms with van der Waals surface area (Å²) in [5, 5.41) is 22.4. The number of hydrogen-bond donors (Lipinski definition) is 2. The van der Waals surface area contributed by atoms with Crippen LogP contribution in [-0.4, -0.2) is 64.9 Å². The highest BCUT2D eigenvalue weighted by molar-refractivity contribution is 8.01. The second kappa shape index (κ2) is 8.60. The average molecular weight is 352 g/mol. The van der Waals surface area contributed by atoms with Crippen molar-refractivity contribution in [3.63, 3.8) is 0 Å². The molecule has 0 bridgehead atoms. The van der Waals surface area contributed by atoms with Gasteiger partial charge in [0.2, 0.25) is 5.13 Å². The quantitative estimate of drug-likeness (QED) is 0.739. The molecule has 1 aromatic carbocycles. The van der Waals surface area contributed by atoms with Gasteiger partial charge in [-0.2, -0.15) is 0 Å². The molecule has 2 heterocycles. The van der Waals surface area contributed by atoms with Crippen LogP contribution in [0.25, 0.3) is 0 Å². The number of hydrogen-bond acceptors (Lipinski definition) is 8. The molecule has 0 saturated carbocycles. The minimum Gasteiger partial charge on any atom is -0.391 e. The maximum Gasteiger partial charge on any atom is 0.210 e. The summed E-state index contributed by atoms with van der Waals surface area (Å²) in [6.45, 7) is 3.98. The molecular formula is C15H20N4O2S2. The molecule has 124 valence electrons. The number of nitrogens with one attached hydrogen (secondary N) is 1. The number of anilines is 2. The number of morpholine rings is 1. The number of ether oxygens (including phenoxy) is 1. The van der Waals surface area contributed by atoms with Crippen LogP contribution in [0.3, 0.4) is 0 Å². The largest absolute Gasteiger partial charge is 0.391 e. The fourth-order valence-electron chi connectivity index (χ4n) is 2.27. The lowest BCUT2D eigenvalue weighted by Gasteiger charge is -2.28. The minimum absolute atomic E-state index is 0.368. The van der Waals surface area contributed by atoms with Crippen molar-refractivity contribution < 1.29 is 9.84 Å². The van der Waals surface area contributed by atoms with Crippen LogP contribution in [0.5, 0.6) is 0 Å². The second-order valence-electron chi connectivity index (χ2n) is 5.24. The van der Waals surface area contributed by atoms with Gasteiger partial charge in [-0.05, 0) is 12.1 Å². The van der Waals surface area contributed by atoms with Gasteiger partial charge in [-0.1, -0.05) is 41.3 Å². The van der Waals surface area contributed by atoms with E-state index < -0.39 is 0 Å². The van der Waals surface area contributed by atoms with E-state index in [0.29, 0.717) is 12.3 Å². The van der Waals surface area contributed by atoms with E-state index in [9.17, 15) is 5.11 Å². The van der Waals surface area contributed by atoms with Crippen molar-refractivity contribution in [2.45, 2.75) is 10.4 Å². The molecule has 23 heavy (non-hydrogen) atoms. The van der Waals surface area contributed by atoms with E-state index in [1.54, 1.807) is 11.8 Å². The highest BCUT2D eigenvalue weighted by Crippen LogP contribution is 2.28. The number of benzene rings is 1. The molecule has 1 atom stereocenters. The van der Waals surface area contributed by atoms with Crippen LogP contribution in [0, 0.1) is 0 Å². The summed E-state index contributed by atoms with van der Waals surface area (Å²) in [5.41, 5.74) is 0.993. The normalized spacial score (nSPS) is 17.1. The maximum absolute atomic E-state index is 10.1. The SMILES string of the molecule is O[C@H](CSc1nnc(Nc2ccccc2)s1)CN1CCOCC1. The van der Waals surface area contributed by atoms with E-state index in [1.807, 2.05) is 30.3 Å². The van der Waals surface area contributed by atoms with Crippen LogP contribution in [-0.2, 0) is 4.74 Å². The predicted octanol–water partition coefficient (Wildman–Crippen LogP) is 2.07. The summed E-state index contributed by atoms with van der Waals surface area (Å²) in [6.07, 6.45) is -0.368. The van der Waals surface area contributed by atoms with E-state index in [-0.39, 0.29) is 6.10 Å². The first-order valence-electron chi connectivity index (χ1n) is 7.56. The van der Waals surface area contributed by atoms with Gasteiger partial charge < -0.3 is 15.2 Å². The first kappa shape index (κ1) is 16.7. The first-order valence-corrected chi connectivity index (χ1v) is 9.36. The Balaban J connectivity index is 1.43. The summed E-state index contributed by atoms with van der Waals surface area (Å²) in [7, 11) is 0. The molecule has 3 rings (SSSR count). The van der Waals surface area contributed by atoms with Gasteiger partial charge >= 0.3 is 0 Å². The van der Waals surface area contributed by atoms with Crippen molar-refractivity contribution >= 4 is 33.9 Å². The number of aliphatic hydroxyl groups is 1. The van der Waals surface area contributed by atoms with Crippen molar-refractivity contribution in [2.75, 3.05) is 43.9 Å². The summed E-state index contributed by atoms with van der Waals surface area (Å²) < 4.78 is 6.18. The van der Waals surface area contributed by atoms with Crippen LogP contribution in [0.1, 0.15) is 0 Å². The number of β-amino-alcohol motifs (C(OH)–C–C–N with tert-alkyl or cyclic N) is 1. The molecule has 2 aromatic rings. The lowest BCUT2D eigenvalue weighted by Crippen LogP contribution is -2.41. The van der Waals surface area contributed by atoms with Gasteiger partial charge in [-0.15, -0.1) is 10.2 Å². The van der Waals surface area contributed by atoms with Gasteiger partial charge in [-0.25, -0.2) is 0 Å². The molecule has 0 radical (unpaired) electrons. The van der Waals surface area contributed by atoms with Crippen molar-refractivity contribution in [2.24, 2.45) is 0 Å². The number of nitrogens with zero attached hydrogens (tertiary/aromatic N) is 3. The number of aromatic nitrogens is 2. The van der Waals surface area contributed by atoms with Crippen molar-refractivity contribution in [3.8, 4) is 0 Å². The summed E-state index contributed by atoms with van der Waals surface area (Å²) in [4.78, 5) is 2.23. The molecule has 0 amide bonds. The van der Waals surface area contributed by atoms with E-state index >= 15 is 0 Å². The van der Waals surface area contributed by atoms with E-state index in [1.165, 1.54) is 11.3 Å². The maximum atomic E-state index is 10.1. The Morgan fingerprint density at radius 1 is 1.26 bits per heavy atom. The molecule has 0 spiro atoms. The summed E-state index contributed by atoms with van der Waals surface area (Å²) >= 11 is 3.05. The lowest BCUT2D eigenvalue weighted by molar-refractivity contribution is 0.0188. The van der Waals surface area contributed by atoms with Crippen molar-refractivity contribution in [3.05, 3.63) is 30.3 Å². The second-order valence-corrected chi connectivity index (χ2v) is 7.49. The molecule has 1 aromatic heterocycles. The molecule has 0 unspecified atom stereocenters. The molecule has 1 aliphatic rings. The van der Waals surface area contributed by atoms with Gasteiger partial charge in [-0.3, -0.25) is 4.90 Å². The number of aliphatic hydroxyl groups excluding tert-OH is 1. The van der Waals surface area contributed by atoms with Gasteiger partial charge in [0, 0.05) is 31.1 Å². The van der Waals surface area contributed by atoms with Crippen LogP contribution >= 0.6 is 23.1 Å². The number of thioether (sulfide) groups is 1. The highest BCUT2D eigenvalue weighted by atomic mass is 32.2. The van der Waals surface area contributed by atoms with Crippen molar-refractivity contribution in [1.82, 2.24) is 15.1 Å². The third-order valence-electron chi connectivity index (χ3n) is 3.40. The van der Waals surface area contributed by atoms with Gasteiger partial charge in [0.15, 0.2) is 4.34 Å². The average Bonchev–Trinajstić information content (AvgIpc) is 3.02. The molecule has 0 aliphatic carbocycles.